The highest BCUT2D eigenvalue weighted by Gasteiger charge is 2.24. The number of hydrogen-bond donors (Lipinski definition) is 1. The SMILES string of the molecule is Cc1noc(C)c1C(=O)OCC(=O)NC1CCCCC1C. The summed E-state index contributed by atoms with van der Waals surface area (Å²) in [5, 5.41) is 6.63. The Labute approximate surface area is 124 Å². The van der Waals surface area contributed by atoms with E-state index in [0.29, 0.717) is 22.9 Å². The van der Waals surface area contributed by atoms with Gasteiger partial charge in [0.15, 0.2) is 6.61 Å². The van der Waals surface area contributed by atoms with Crippen molar-refractivity contribution in [1.82, 2.24) is 10.5 Å². The average Bonchev–Trinajstić information content (AvgIpc) is 2.78. The third kappa shape index (κ3) is 3.83. The zero-order valence-corrected chi connectivity index (χ0v) is 12.8. The largest absolute Gasteiger partial charge is 0.452 e. The van der Waals surface area contributed by atoms with Crippen molar-refractivity contribution in [3.8, 4) is 0 Å². The summed E-state index contributed by atoms with van der Waals surface area (Å²) in [6.07, 6.45) is 4.47. The van der Waals surface area contributed by atoms with Crippen molar-refractivity contribution in [1.29, 1.82) is 0 Å². The van der Waals surface area contributed by atoms with Gasteiger partial charge in [0.2, 0.25) is 0 Å². The molecular formula is C15H22N2O4. The van der Waals surface area contributed by atoms with Crippen LogP contribution in [0.2, 0.25) is 0 Å². The maximum atomic E-state index is 11.9. The van der Waals surface area contributed by atoms with E-state index in [1.54, 1.807) is 13.8 Å². The number of aryl methyl sites for hydroxylation is 2. The number of amides is 1. The topological polar surface area (TPSA) is 81.4 Å². The molecule has 1 aromatic rings. The molecule has 2 rings (SSSR count). The molecule has 1 fully saturated rings. The molecule has 6 heteroatoms. The number of carbonyl (C=O) groups excluding carboxylic acids is 2. The van der Waals surface area contributed by atoms with Gasteiger partial charge in [-0.25, -0.2) is 4.79 Å². The monoisotopic (exact) mass is 294 g/mol. The first-order valence-electron chi connectivity index (χ1n) is 7.38. The zero-order valence-electron chi connectivity index (χ0n) is 12.8. The van der Waals surface area contributed by atoms with Gasteiger partial charge in [-0.15, -0.1) is 0 Å². The molecular weight excluding hydrogens is 272 g/mol. The molecule has 0 radical (unpaired) electrons. The molecule has 116 valence electrons. The third-order valence-corrected chi connectivity index (χ3v) is 4.03. The molecule has 1 N–H and O–H groups in total. The Morgan fingerprint density at radius 3 is 2.67 bits per heavy atom. The van der Waals surface area contributed by atoms with E-state index in [2.05, 4.69) is 17.4 Å². The lowest BCUT2D eigenvalue weighted by Gasteiger charge is -2.29. The molecule has 1 aliphatic rings. The summed E-state index contributed by atoms with van der Waals surface area (Å²) in [6.45, 7) is 5.17. The number of nitrogens with one attached hydrogen (secondary N) is 1. The van der Waals surface area contributed by atoms with Crippen LogP contribution in [-0.4, -0.2) is 29.7 Å². The Hall–Kier alpha value is -1.85. The quantitative estimate of drug-likeness (QED) is 0.860. The zero-order chi connectivity index (χ0) is 15.4. The smallest absolute Gasteiger partial charge is 0.344 e. The minimum atomic E-state index is -0.571. The average molecular weight is 294 g/mol. The van der Waals surface area contributed by atoms with E-state index in [-0.39, 0.29) is 18.6 Å². The molecule has 1 heterocycles. The molecule has 0 saturated heterocycles. The summed E-state index contributed by atoms with van der Waals surface area (Å²) in [5.74, 6) is 0.0479. The van der Waals surface area contributed by atoms with Crippen LogP contribution >= 0.6 is 0 Å². The highest BCUT2D eigenvalue weighted by Crippen LogP contribution is 2.23. The fourth-order valence-electron chi connectivity index (χ4n) is 2.76. The van der Waals surface area contributed by atoms with Gasteiger partial charge in [-0.05, 0) is 32.6 Å². The molecule has 1 aliphatic carbocycles. The minimum Gasteiger partial charge on any atom is -0.452 e. The summed E-state index contributed by atoms with van der Waals surface area (Å²) in [4.78, 5) is 23.8. The fraction of sp³-hybridized carbons (Fsp3) is 0.667. The van der Waals surface area contributed by atoms with E-state index in [0.717, 1.165) is 19.3 Å². The standard InChI is InChI=1S/C15H22N2O4/c1-9-6-4-5-7-12(9)16-13(18)8-20-15(19)14-10(2)17-21-11(14)3/h9,12H,4-8H2,1-3H3,(H,16,18). The number of nitrogens with zero attached hydrogens (tertiary/aromatic N) is 1. The summed E-state index contributed by atoms with van der Waals surface area (Å²) in [6, 6.07) is 0.184. The first kappa shape index (κ1) is 15.5. The van der Waals surface area contributed by atoms with Crippen molar-refractivity contribution in [2.45, 2.75) is 52.5 Å². The molecule has 2 unspecified atom stereocenters. The Kier molecular flexibility index (Phi) is 4.98. The van der Waals surface area contributed by atoms with Gasteiger partial charge in [0.05, 0.1) is 5.69 Å². The first-order valence-corrected chi connectivity index (χ1v) is 7.38. The van der Waals surface area contributed by atoms with Crippen LogP contribution in [0, 0.1) is 19.8 Å². The fourth-order valence-corrected chi connectivity index (χ4v) is 2.76. The molecule has 0 spiro atoms. The summed E-state index contributed by atoms with van der Waals surface area (Å²) in [5.41, 5.74) is 0.771. The van der Waals surface area contributed by atoms with E-state index in [1.807, 2.05) is 0 Å². The Bertz CT molecular complexity index is 504. The van der Waals surface area contributed by atoms with E-state index >= 15 is 0 Å². The van der Waals surface area contributed by atoms with Crippen molar-refractivity contribution in [3.05, 3.63) is 17.0 Å². The molecule has 0 bridgehead atoms. The molecule has 2 atom stereocenters. The van der Waals surface area contributed by atoms with Crippen LogP contribution in [0.3, 0.4) is 0 Å². The van der Waals surface area contributed by atoms with Gasteiger partial charge >= 0.3 is 5.97 Å². The number of esters is 1. The van der Waals surface area contributed by atoms with Crippen LogP contribution < -0.4 is 5.32 Å². The van der Waals surface area contributed by atoms with Gasteiger partial charge in [0.25, 0.3) is 5.91 Å². The number of carbonyl (C=O) groups is 2. The number of hydrogen-bond acceptors (Lipinski definition) is 5. The Morgan fingerprint density at radius 2 is 2.05 bits per heavy atom. The number of aromatic nitrogens is 1. The van der Waals surface area contributed by atoms with Crippen molar-refractivity contribution in [2.75, 3.05) is 6.61 Å². The van der Waals surface area contributed by atoms with Gasteiger partial charge in [0.1, 0.15) is 11.3 Å². The van der Waals surface area contributed by atoms with E-state index in [4.69, 9.17) is 9.26 Å². The van der Waals surface area contributed by atoms with Crippen LogP contribution in [-0.2, 0) is 9.53 Å². The van der Waals surface area contributed by atoms with E-state index < -0.39 is 5.97 Å². The summed E-state index contributed by atoms with van der Waals surface area (Å²) < 4.78 is 9.94. The van der Waals surface area contributed by atoms with E-state index in [1.165, 1.54) is 6.42 Å². The lowest BCUT2D eigenvalue weighted by molar-refractivity contribution is -0.125. The number of rotatable bonds is 4. The summed E-state index contributed by atoms with van der Waals surface area (Å²) >= 11 is 0. The predicted octanol–water partition coefficient (Wildman–Crippen LogP) is 2.14. The van der Waals surface area contributed by atoms with Crippen molar-refractivity contribution < 1.29 is 18.8 Å². The Balaban J connectivity index is 1.82. The number of ether oxygens (including phenoxy) is 1. The highest BCUT2D eigenvalue weighted by atomic mass is 16.5. The first-order chi connectivity index (χ1) is 9.99. The second kappa shape index (κ2) is 6.74. The van der Waals surface area contributed by atoms with Crippen molar-refractivity contribution in [3.63, 3.8) is 0 Å². The van der Waals surface area contributed by atoms with Gasteiger partial charge in [0, 0.05) is 6.04 Å². The third-order valence-electron chi connectivity index (χ3n) is 4.03. The van der Waals surface area contributed by atoms with Crippen LogP contribution in [0.15, 0.2) is 4.52 Å². The molecule has 1 saturated carbocycles. The molecule has 0 aromatic carbocycles. The maximum absolute atomic E-state index is 11.9. The predicted molar refractivity (Wildman–Crippen MR) is 75.8 cm³/mol. The molecule has 1 aromatic heterocycles. The highest BCUT2D eigenvalue weighted by molar-refractivity contribution is 5.93. The van der Waals surface area contributed by atoms with E-state index in [9.17, 15) is 9.59 Å². The minimum absolute atomic E-state index is 0.184. The lowest BCUT2D eigenvalue weighted by atomic mass is 9.86. The molecule has 1 amide bonds. The van der Waals surface area contributed by atoms with Crippen LogP contribution in [0.5, 0.6) is 0 Å². The molecule has 21 heavy (non-hydrogen) atoms. The van der Waals surface area contributed by atoms with Crippen molar-refractivity contribution >= 4 is 11.9 Å². The molecule has 6 nitrogen and oxygen atoms in total. The van der Waals surface area contributed by atoms with Crippen LogP contribution in [0.25, 0.3) is 0 Å². The normalized spacial score (nSPS) is 21.9. The second-order valence-electron chi connectivity index (χ2n) is 5.71. The van der Waals surface area contributed by atoms with Gasteiger partial charge < -0.3 is 14.6 Å². The van der Waals surface area contributed by atoms with Gasteiger partial charge in [-0.2, -0.15) is 0 Å². The van der Waals surface area contributed by atoms with Crippen LogP contribution in [0.1, 0.15) is 54.4 Å². The Morgan fingerprint density at radius 1 is 1.33 bits per heavy atom. The van der Waals surface area contributed by atoms with Gasteiger partial charge in [-0.3, -0.25) is 4.79 Å². The second-order valence-corrected chi connectivity index (χ2v) is 5.71. The summed E-state index contributed by atoms with van der Waals surface area (Å²) in [7, 11) is 0. The van der Waals surface area contributed by atoms with Gasteiger partial charge in [-0.1, -0.05) is 24.9 Å². The maximum Gasteiger partial charge on any atom is 0.344 e. The molecule has 0 aliphatic heterocycles. The van der Waals surface area contributed by atoms with Crippen LogP contribution in [0.4, 0.5) is 0 Å². The van der Waals surface area contributed by atoms with Crippen molar-refractivity contribution in [2.24, 2.45) is 5.92 Å². The lowest BCUT2D eigenvalue weighted by Crippen LogP contribution is -2.42.